The maximum atomic E-state index is 4.83. The van der Waals surface area contributed by atoms with Gasteiger partial charge in [-0.3, -0.25) is 0 Å². The Morgan fingerprint density at radius 2 is 2.25 bits per heavy atom. The van der Waals surface area contributed by atoms with Crippen molar-refractivity contribution in [3.05, 3.63) is 12.2 Å². The molecule has 0 aromatic heterocycles. The summed E-state index contributed by atoms with van der Waals surface area (Å²) in [5.41, 5.74) is 0. The Bertz CT molecular complexity index is 61.5. The summed E-state index contributed by atoms with van der Waals surface area (Å²) in [7, 11) is 1.72. The van der Waals surface area contributed by atoms with Crippen LogP contribution in [0.25, 0.3) is 0 Å². The van der Waals surface area contributed by atoms with Crippen molar-refractivity contribution in [2.45, 2.75) is 6.42 Å². The molecule has 0 aliphatic rings. The number of rotatable bonds is 4. The molecule has 1 nitrogen and oxygen atoms in total. The lowest BCUT2D eigenvalue weighted by atomic mass is 10.4. The number of ether oxygens (including phenoxy) is 1. The smallest absolute Gasteiger partial charge is 0.0496 e. The highest BCUT2D eigenvalue weighted by molar-refractivity contribution is 14.1. The van der Waals surface area contributed by atoms with E-state index in [4.69, 9.17) is 4.74 Å². The predicted octanol–water partition coefficient (Wildman–Crippen LogP) is 2.01. The third kappa shape index (κ3) is 6.43. The minimum absolute atomic E-state index is 0.840. The standard InChI is InChI=1S/C6H11IO/c1-8-6-4-2-3-5-7/h2-3H,4-6H2,1H3. The van der Waals surface area contributed by atoms with Crippen LogP contribution in [0.4, 0.5) is 0 Å². The van der Waals surface area contributed by atoms with Gasteiger partial charge in [0.05, 0.1) is 0 Å². The first-order chi connectivity index (χ1) is 3.91. The van der Waals surface area contributed by atoms with Crippen LogP contribution < -0.4 is 0 Å². The Morgan fingerprint density at radius 3 is 2.75 bits per heavy atom. The van der Waals surface area contributed by atoms with Crippen LogP contribution in [0, 0.1) is 0 Å². The fourth-order valence-electron chi connectivity index (χ4n) is 0.367. The lowest BCUT2D eigenvalue weighted by Crippen LogP contribution is -1.83. The van der Waals surface area contributed by atoms with Gasteiger partial charge < -0.3 is 4.74 Å². The molecule has 0 saturated carbocycles. The van der Waals surface area contributed by atoms with Gasteiger partial charge in [0.2, 0.25) is 0 Å². The molecule has 0 aliphatic heterocycles. The quantitative estimate of drug-likeness (QED) is 0.308. The molecule has 0 aromatic carbocycles. The molecule has 0 aromatic rings. The summed E-state index contributed by atoms with van der Waals surface area (Å²) in [4.78, 5) is 0. The molecule has 0 fully saturated rings. The third-order valence-electron chi connectivity index (χ3n) is 0.744. The number of hydrogen-bond donors (Lipinski definition) is 0. The highest BCUT2D eigenvalue weighted by Crippen LogP contribution is 1.86. The zero-order chi connectivity index (χ0) is 6.24. The fraction of sp³-hybridized carbons (Fsp3) is 0.667. The van der Waals surface area contributed by atoms with Crippen LogP contribution in [0.5, 0.6) is 0 Å². The number of hydrogen-bond acceptors (Lipinski definition) is 1. The maximum absolute atomic E-state index is 4.83. The highest BCUT2D eigenvalue weighted by atomic mass is 127. The zero-order valence-corrected chi connectivity index (χ0v) is 7.22. The van der Waals surface area contributed by atoms with Gasteiger partial charge in [0.1, 0.15) is 0 Å². The second kappa shape index (κ2) is 7.43. The first-order valence-corrected chi connectivity index (χ1v) is 4.14. The van der Waals surface area contributed by atoms with E-state index in [1.807, 2.05) is 0 Å². The minimum Gasteiger partial charge on any atom is -0.384 e. The van der Waals surface area contributed by atoms with Crippen molar-refractivity contribution in [1.82, 2.24) is 0 Å². The number of methoxy groups -OCH3 is 1. The average molecular weight is 226 g/mol. The highest BCUT2D eigenvalue weighted by Gasteiger charge is 1.74. The molecule has 0 spiro atoms. The Morgan fingerprint density at radius 1 is 1.50 bits per heavy atom. The van der Waals surface area contributed by atoms with Crippen LogP contribution in [0.2, 0.25) is 0 Å². The molecule has 0 N–H and O–H groups in total. The first kappa shape index (κ1) is 8.43. The molecule has 8 heavy (non-hydrogen) atoms. The van der Waals surface area contributed by atoms with Crippen molar-refractivity contribution < 1.29 is 4.74 Å². The van der Waals surface area contributed by atoms with E-state index in [0.717, 1.165) is 17.5 Å². The summed E-state index contributed by atoms with van der Waals surface area (Å²) in [5, 5.41) is 0. The summed E-state index contributed by atoms with van der Waals surface area (Å²) >= 11 is 2.31. The number of halogens is 1. The molecule has 0 atom stereocenters. The lowest BCUT2D eigenvalue weighted by molar-refractivity contribution is 0.204. The van der Waals surface area contributed by atoms with E-state index in [2.05, 4.69) is 34.7 Å². The fourth-order valence-corrected chi connectivity index (χ4v) is 0.726. The van der Waals surface area contributed by atoms with Gasteiger partial charge in [0, 0.05) is 18.1 Å². The number of allylic oxidation sites excluding steroid dienone is 1. The topological polar surface area (TPSA) is 9.23 Å². The Balaban J connectivity index is 2.80. The van der Waals surface area contributed by atoms with Crippen molar-refractivity contribution in [2.24, 2.45) is 0 Å². The van der Waals surface area contributed by atoms with Crippen LogP contribution >= 0.6 is 22.6 Å². The van der Waals surface area contributed by atoms with Gasteiger partial charge in [-0.2, -0.15) is 0 Å². The molecule has 2 heteroatoms. The molecular formula is C6H11IO. The maximum Gasteiger partial charge on any atom is 0.0496 e. The second-order valence-corrected chi connectivity index (χ2v) is 2.29. The monoisotopic (exact) mass is 226 g/mol. The van der Waals surface area contributed by atoms with Crippen molar-refractivity contribution >= 4 is 22.6 Å². The van der Waals surface area contributed by atoms with E-state index in [-0.39, 0.29) is 0 Å². The van der Waals surface area contributed by atoms with Crippen LogP contribution in [-0.4, -0.2) is 18.1 Å². The average Bonchev–Trinajstić information content (AvgIpc) is 1.81. The van der Waals surface area contributed by atoms with Crippen molar-refractivity contribution in [2.75, 3.05) is 18.1 Å². The first-order valence-electron chi connectivity index (χ1n) is 2.61. The van der Waals surface area contributed by atoms with E-state index in [9.17, 15) is 0 Å². The van der Waals surface area contributed by atoms with Gasteiger partial charge in [0.25, 0.3) is 0 Å². The molecule has 0 saturated heterocycles. The molecule has 0 heterocycles. The number of alkyl halides is 1. The van der Waals surface area contributed by atoms with Crippen molar-refractivity contribution in [3.8, 4) is 0 Å². The van der Waals surface area contributed by atoms with Crippen LogP contribution in [0.1, 0.15) is 6.42 Å². The molecule has 0 bridgehead atoms. The Labute approximate surface area is 64.2 Å². The Hall–Kier alpha value is 0.430. The zero-order valence-electron chi connectivity index (χ0n) is 5.06. The third-order valence-corrected chi connectivity index (χ3v) is 1.25. The largest absolute Gasteiger partial charge is 0.384 e. The molecule has 0 unspecified atom stereocenters. The summed E-state index contributed by atoms with van der Waals surface area (Å²) in [6.07, 6.45) is 5.31. The SMILES string of the molecule is COCCC=CCI. The van der Waals surface area contributed by atoms with E-state index < -0.39 is 0 Å². The normalized spacial score (nSPS) is 10.8. The van der Waals surface area contributed by atoms with Crippen LogP contribution in [-0.2, 0) is 4.74 Å². The summed E-state index contributed by atoms with van der Waals surface area (Å²) in [6, 6.07) is 0. The van der Waals surface area contributed by atoms with Gasteiger partial charge in [-0.15, -0.1) is 0 Å². The van der Waals surface area contributed by atoms with Crippen LogP contribution in [0.15, 0.2) is 12.2 Å². The molecule has 0 radical (unpaired) electrons. The van der Waals surface area contributed by atoms with E-state index in [1.165, 1.54) is 0 Å². The van der Waals surface area contributed by atoms with Gasteiger partial charge >= 0.3 is 0 Å². The summed E-state index contributed by atoms with van der Waals surface area (Å²) in [6.45, 7) is 0.840. The molecular weight excluding hydrogens is 215 g/mol. The summed E-state index contributed by atoms with van der Waals surface area (Å²) in [5.74, 6) is 0. The van der Waals surface area contributed by atoms with E-state index >= 15 is 0 Å². The Kier molecular flexibility index (Phi) is 7.83. The van der Waals surface area contributed by atoms with Gasteiger partial charge in [0.15, 0.2) is 0 Å². The van der Waals surface area contributed by atoms with E-state index in [1.54, 1.807) is 7.11 Å². The predicted molar refractivity (Wildman–Crippen MR) is 44.5 cm³/mol. The molecule has 0 amide bonds. The lowest BCUT2D eigenvalue weighted by Gasteiger charge is -1.88. The van der Waals surface area contributed by atoms with E-state index in [0.29, 0.717) is 0 Å². The van der Waals surface area contributed by atoms with Crippen molar-refractivity contribution in [3.63, 3.8) is 0 Å². The van der Waals surface area contributed by atoms with Gasteiger partial charge in [-0.1, -0.05) is 34.7 Å². The van der Waals surface area contributed by atoms with Gasteiger partial charge in [-0.25, -0.2) is 0 Å². The second-order valence-electron chi connectivity index (χ2n) is 1.41. The molecule has 0 aliphatic carbocycles. The summed E-state index contributed by atoms with van der Waals surface area (Å²) < 4.78 is 5.93. The molecule has 48 valence electrons. The minimum atomic E-state index is 0.840. The van der Waals surface area contributed by atoms with Crippen LogP contribution in [0.3, 0.4) is 0 Å². The van der Waals surface area contributed by atoms with Crippen molar-refractivity contribution in [1.29, 1.82) is 0 Å². The molecule has 0 rings (SSSR count). The van der Waals surface area contributed by atoms with Gasteiger partial charge in [-0.05, 0) is 6.42 Å².